The quantitative estimate of drug-likeness (QED) is 0.924. The molecule has 3 rings (SSSR count). The normalized spacial score (nSPS) is 24.2. The summed E-state index contributed by atoms with van der Waals surface area (Å²) in [6.07, 6.45) is 2.19. The number of likely N-dealkylation sites (N-methyl/N-ethyl adjacent to an activating group) is 1. The van der Waals surface area contributed by atoms with Crippen LogP contribution in [0.2, 0.25) is 0 Å². The van der Waals surface area contributed by atoms with Crippen LogP contribution < -0.4 is 5.32 Å². The fraction of sp³-hybridized carbons (Fsp3) is 0.588. The van der Waals surface area contributed by atoms with Crippen LogP contribution in [0, 0.1) is 5.82 Å². The molecule has 0 bridgehead atoms. The third-order valence-corrected chi connectivity index (χ3v) is 5.04. The highest BCUT2D eigenvalue weighted by Crippen LogP contribution is 2.37. The zero-order chi connectivity index (χ0) is 15.6. The predicted octanol–water partition coefficient (Wildman–Crippen LogP) is 1.69. The van der Waals surface area contributed by atoms with Gasteiger partial charge < -0.3 is 15.0 Å². The van der Waals surface area contributed by atoms with E-state index < -0.39 is 5.41 Å². The molecule has 1 aromatic carbocycles. The molecule has 1 amide bonds. The number of halogens is 1. The van der Waals surface area contributed by atoms with Crippen molar-refractivity contribution in [2.45, 2.75) is 30.7 Å². The molecule has 120 valence electrons. The Morgan fingerprint density at radius 2 is 2.18 bits per heavy atom. The highest BCUT2D eigenvalue weighted by molar-refractivity contribution is 5.88. The van der Waals surface area contributed by atoms with Gasteiger partial charge in [0.1, 0.15) is 5.82 Å². The average molecular weight is 306 g/mol. The standard InChI is InChI=1S/C17H23FN2O2/c1-20(15-5-8-19-12-15)16(21)17(6-9-22-10-7-17)13-3-2-4-14(18)11-13/h2-4,11,15,19H,5-10,12H2,1H3. The van der Waals surface area contributed by atoms with E-state index >= 15 is 0 Å². The molecular weight excluding hydrogens is 283 g/mol. The molecule has 0 aromatic heterocycles. The predicted molar refractivity (Wildman–Crippen MR) is 82.2 cm³/mol. The van der Waals surface area contributed by atoms with Crippen LogP contribution in [-0.4, -0.2) is 50.2 Å². The molecule has 4 nitrogen and oxygen atoms in total. The number of hydrogen-bond acceptors (Lipinski definition) is 3. The van der Waals surface area contributed by atoms with Gasteiger partial charge in [0.05, 0.1) is 5.41 Å². The van der Waals surface area contributed by atoms with E-state index in [0.29, 0.717) is 26.1 Å². The molecule has 1 N–H and O–H groups in total. The van der Waals surface area contributed by atoms with Crippen molar-refractivity contribution in [3.05, 3.63) is 35.6 Å². The van der Waals surface area contributed by atoms with Crippen LogP contribution in [0.5, 0.6) is 0 Å². The largest absolute Gasteiger partial charge is 0.381 e. The van der Waals surface area contributed by atoms with Gasteiger partial charge in [-0.2, -0.15) is 0 Å². The zero-order valence-electron chi connectivity index (χ0n) is 13.0. The number of ether oxygens (including phenoxy) is 1. The van der Waals surface area contributed by atoms with E-state index in [9.17, 15) is 9.18 Å². The Bertz CT molecular complexity index is 537. The summed E-state index contributed by atoms with van der Waals surface area (Å²) in [5.74, 6) is -0.198. The molecule has 2 saturated heterocycles. The van der Waals surface area contributed by atoms with Gasteiger partial charge >= 0.3 is 0 Å². The Balaban J connectivity index is 1.93. The number of nitrogens with zero attached hydrogens (tertiary/aromatic N) is 1. The Morgan fingerprint density at radius 1 is 1.41 bits per heavy atom. The summed E-state index contributed by atoms with van der Waals surface area (Å²) in [4.78, 5) is 15.1. The lowest BCUT2D eigenvalue weighted by Gasteiger charge is -2.40. The van der Waals surface area contributed by atoms with E-state index in [1.54, 1.807) is 6.07 Å². The highest BCUT2D eigenvalue weighted by atomic mass is 19.1. The number of rotatable bonds is 3. The molecule has 0 aliphatic carbocycles. The smallest absolute Gasteiger partial charge is 0.233 e. The molecule has 2 fully saturated rings. The number of nitrogens with one attached hydrogen (secondary N) is 1. The van der Waals surface area contributed by atoms with Crippen molar-refractivity contribution in [2.75, 3.05) is 33.4 Å². The first kappa shape index (κ1) is 15.4. The van der Waals surface area contributed by atoms with Gasteiger partial charge in [-0.25, -0.2) is 4.39 Å². The molecular formula is C17H23FN2O2. The van der Waals surface area contributed by atoms with Crippen molar-refractivity contribution in [2.24, 2.45) is 0 Å². The van der Waals surface area contributed by atoms with E-state index in [1.165, 1.54) is 12.1 Å². The number of hydrogen-bond donors (Lipinski definition) is 1. The van der Waals surface area contributed by atoms with E-state index in [0.717, 1.165) is 25.1 Å². The van der Waals surface area contributed by atoms with Crippen molar-refractivity contribution in [1.29, 1.82) is 0 Å². The number of amides is 1. The molecule has 0 radical (unpaired) electrons. The van der Waals surface area contributed by atoms with Crippen molar-refractivity contribution in [1.82, 2.24) is 10.2 Å². The molecule has 5 heteroatoms. The maximum absolute atomic E-state index is 13.7. The van der Waals surface area contributed by atoms with E-state index in [2.05, 4.69) is 5.32 Å². The Hall–Kier alpha value is -1.46. The van der Waals surface area contributed by atoms with Gasteiger partial charge in [0.25, 0.3) is 0 Å². The molecule has 2 heterocycles. The minimum absolute atomic E-state index is 0.0927. The molecule has 1 atom stereocenters. The molecule has 2 aliphatic heterocycles. The molecule has 0 saturated carbocycles. The third kappa shape index (κ3) is 2.75. The maximum Gasteiger partial charge on any atom is 0.233 e. The van der Waals surface area contributed by atoms with Gasteiger partial charge in [-0.15, -0.1) is 0 Å². The van der Waals surface area contributed by atoms with Crippen molar-refractivity contribution < 1.29 is 13.9 Å². The topological polar surface area (TPSA) is 41.6 Å². The maximum atomic E-state index is 13.7. The average Bonchev–Trinajstić information content (AvgIpc) is 3.08. The first-order chi connectivity index (χ1) is 10.6. The van der Waals surface area contributed by atoms with Crippen molar-refractivity contribution in [3.8, 4) is 0 Å². The van der Waals surface area contributed by atoms with Gasteiger partial charge in [-0.1, -0.05) is 12.1 Å². The first-order valence-electron chi connectivity index (χ1n) is 7.95. The lowest BCUT2D eigenvalue weighted by atomic mass is 9.72. The molecule has 1 unspecified atom stereocenters. The van der Waals surface area contributed by atoms with Crippen LogP contribution in [0.4, 0.5) is 4.39 Å². The van der Waals surface area contributed by atoms with Crippen molar-refractivity contribution >= 4 is 5.91 Å². The number of carbonyl (C=O) groups excluding carboxylic acids is 1. The number of carbonyl (C=O) groups is 1. The fourth-order valence-electron chi connectivity index (χ4n) is 3.61. The summed E-state index contributed by atoms with van der Waals surface area (Å²) >= 11 is 0. The molecule has 22 heavy (non-hydrogen) atoms. The monoisotopic (exact) mass is 306 g/mol. The Labute approximate surface area is 130 Å². The van der Waals surface area contributed by atoms with Crippen LogP contribution in [0.1, 0.15) is 24.8 Å². The van der Waals surface area contributed by atoms with Gasteiger partial charge in [-0.05, 0) is 43.5 Å². The zero-order valence-corrected chi connectivity index (χ0v) is 13.0. The number of benzene rings is 1. The van der Waals surface area contributed by atoms with E-state index in [1.807, 2.05) is 18.0 Å². The lowest BCUT2D eigenvalue weighted by molar-refractivity contribution is -0.141. The third-order valence-electron chi connectivity index (χ3n) is 5.04. The van der Waals surface area contributed by atoms with Crippen molar-refractivity contribution in [3.63, 3.8) is 0 Å². The first-order valence-corrected chi connectivity index (χ1v) is 7.95. The summed E-state index contributed by atoms with van der Waals surface area (Å²) < 4.78 is 19.1. The minimum Gasteiger partial charge on any atom is -0.381 e. The van der Waals surface area contributed by atoms with Crippen LogP contribution in [-0.2, 0) is 14.9 Å². The van der Waals surface area contributed by atoms with Crippen LogP contribution in [0.3, 0.4) is 0 Å². The van der Waals surface area contributed by atoms with Crippen LogP contribution in [0.15, 0.2) is 24.3 Å². The lowest BCUT2D eigenvalue weighted by Crippen LogP contribution is -2.52. The SMILES string of the molecule is CN(C(=O)C1(c2cccc(F)c2)CCOCC1)C1CCNC1. The van der Waals surface area contributed by atoms with Crippen LogP contribution >= 0.6 is 0 Å². The van der Waals surface area contributed by atoms with Gasteiger partial charge in [-0.3, -0.25) is 4.79 Å². The van der Waals surface area contributed by atoms with E-state index in [4.69, 9.17) is 4.74 Å². The van der Waals surface area contributed by atoms with Gasteiger partial charge in [0, 0.05) is 32.8 Å². The fourth-order valence-corrected chi connectivity index (χ4v) is 3.61. The minimum atomic E-state index is -0.655. The summed E-state index contributed by atoms with van der Waals surface area (Å²) in [5.41, 5.74) is 0.121. The second kappa shape index (κ2) is 6.34. The summed E-state index contributed by atoms with van der Waals surface area (Å²) in [7, 11) is 1.87. The summed E-state index contributed by atoms with van der Waals surface area (Å²) in [6.45, 7) is 2.86. The Kier molecular flexibility index (Phi) is 4.45. The van der Waals surface area contributed by atoms with Gasteiger partial charge in [0.2, 0.25) is 5.91 Å². The second-order valence-electron chi connectivity index (χ2n) is 6.27. The summed E-state index contributed by atoms with van der Waals surface area (Å²) in [5, 5.41) is 3.29. The highest BCUT2D eigenvalue weighted by Gasteiger charge is 2.44. The summed E-state index contributed by atoms with van der Waals surface area (Å²) in [6, 6.07) is 6.70. The molecule has 1 aromatic rings. The van der Waals surface area contributed by atoms with E-state index in [-0.39, 0.29) is 17.8 Å². The van der Waals surface area contributed by atoms with Crippen LogP contribution in [0.25, 0.3) is 0 Å². The Morgan fingerprint density at radius 3 is 2.82 bits per heavy atom. The second-order valence-corrected chi connectivity index (χ2v) is 6.27. The molecule has 0 spiro atoms. The molecule has 2 aliphatic rings. The van der Waals surface area contributed by atoms with Gasteiger partial charge in [0.15, 0.2) is 0 Å².